The van der Waals surface area contributed by atoms with Gasteiger partial charge in [-0.3, -0.25) is 9.48 Å². The Morgan fingerprint density at radius 2 is 2.21 bits per heavy atom. The maximum Gasteiger partial charge on any atom is 0.272 e. The van der Waals surface area contributed by atoms with Crippen molar-refractivity contribution in [3.8, 4) is 0 Å². The molecule has 1 aromatic heterocycles. The summed E-state index contributed by atoms with van der Waals surface area (Å²) in [4.78, 5) is 14.2. The Morgan fingerprint density at radius 1 is 1.42 bits per heavy atom. The molecule has 5 heteroatoms. The molecule has 0 aliphatic heterocycles. The summed E-state index contributed by atoms with van der Waals surface area (Å²) in [5, 5.41) is 4.02. The number of hydrogen-bond acceptors (Lipinski definition) is 3. The van der Waals surface area contributed by atoms with Crippen molar-refractivity contribution in [2.24, 2.45) is 7.05 Å². The van der Waals surface area contributed by atoms with Crippen molar-refractivity contribution in [2.45, 2.75) is 13.5 Å². The molecule has 0 bridgehead atoms. The molecular weight excluding hydrogens is 240 g/mol. The molecule has 0 aliphatic rings. The number of carbonyl (C=O) groups is 1. The van der Waals surface area contributed by atoms with E-state index in [9.17, 15) is 4.79 Å². The number of anilines is 1. The zero-order valence-electron chi connectivity index (χ0n) is 11.2. The molecule has 0 atom stereocenters. The van der Waals surface area contributed by atoms with Gasteiger partial charge in [0.05, 0.1) is 0 Å². The van der Waals surface area contributed by atoms with Crippen molar-refractivity contribution in [1.29, 1.82) is 0 Å². The lowest BCUT2D eigenvalue weighted by molar-refractivity contribution is 0.0741. The summed E-state index contributed by atoms with van der Waals surface area (Å²) in [7, 11) is 1.77. The largest absolute Gasteiger partial charge is 0.399 e. The molecule has 1 aromatic carbocycles. The normalized spacial score (nSPS) is 10.4. The van der Waals surface area contributed by atoms with Gasteiger partial charge in [-0.05, 0) is 30.7 Å². The number of amides is 1. The first-order valence-electron chi connectivity index (χ1n) is 6.23. The van der Waals surface area contributed by atoms with E-state index in [2.05, 4.69) is 5.10 Å². The number of benzene rings is 1. The van der Waals surface area contributed by atoms with Crippen LogP contribution in [0.2, 0.25) is 0 Å². The predicted octanol–water partition coefficient (Wildman–Crippen LogP) is 1.66. The fourth-order valence-corrected chi connectivity index (χ4v) is 1.98. The number of aryl methyl sites for hydroxylation is 1. The first-order valence-corrected chi connectivity index (χ1v) is 6.23. The molecule has 0 spiro atoms. The van der Waals surface area contributed by atoms with Crippen LogP contribution in [0.5, 0.6) is 0 Å². The van der Waals surface area contributed by atoms with Gasteiger partial charge in [-0.1, -0.05) is 12.1 Å². The van der Waals surface area contributed by atoms with Gasteiger partial charge in [-0.2, -0.15) is 5.10 Å². The average molecular weight is 258 g/mol. The van der Waals surface area contributed by atoms with Crippen molar-refractivity contribution in [3.05, 3.63) is 47.8 Å². The van der Waals surface area contributed by atoms with Gasteiger partial charge in [0.1, 0.15) is 5.69 Å². The van der Waals surface area contributed by atoms with Gasteiger partial charge in [-0.15, -0.1) is 0 Å². The molecule has 0 unspecified atom stereocenters. The molecule has 2 rings (SSSR count). The monoisotopic (exact) mass is 258 g/mol. The molecular formula is C14H18N4O. The average Bonchev–Trinajstić information content (AvgIpc) is 2.81. The van der Waals surface area contributed by atoms with Crippen LogP contribution in [0.15, 0.2) is 36.5 Å². The van der Waals surface area contributed by atoms with Crippen LogP contribution in [-0.2, 0) is 13.6 Å². The smallest absolute Gasteiger partial charge is 0.272 e. The minimum atomic E-state index is -0.0232. The highest BCUT2D eigenvalue weighted by molar-refractivity contribution is 5.92. The molecule has 1 heterocycles. The van der Waals surface area contributed by atoms with Crippen molar-refractivity contribution in [3.63, 3.8) is 0 Å². The van der Waals surface area contributed by atoms with E-state index in [1.54, 1.807) is 28.9 Å². The maximum absolute atomic E-state index is 12.4. The van der Waals surface area contributed by atoms with E-state index in [-0.39, 0.29) is 5.91 Å². The van der Waals surface area contributed by atoms with Gasteiger partial charge in [0, 0.05) is 32.0 Å². The van der Waals surface area contributed by atoms with Crippen LogP contribution in [0.3, 0.4) is 0 Å². The van der Waals surface area contributed by atoms with E-state index in [0.29, 0.717) is 24.5 Å². The summed E-state index contributed by atoms with van der Waals surface area (Å²) in [6.45, 7) is 3.14. The summed E-state index contributed by atoms with van der Waals surface area (Å²) < 4.78 is 1.59. The van der Waals surface area contributed by atoms with Gasteiger partial charge < -0.3 is 10.6 Å². The second-order valence-corrected chi connectivity index (χ2v) is 4.40. The van der Waals surface area contributed by atoms with Crippen molar-refractivity contribution in [2.75, 3.05) is 12.3 Å². The Hall–Kier alpha value is -2.30. The quantitative estimate of drug-likeness (QED) is 0.848. The number of nitrogen functional groups attached to an aromatic ring is 1. The Balaban J connectivity index is 2.17. The van der Waals surface area contributed by atoms with E-state index in [1.807, 2.05) is 31.2 Å². The number of carbonyl (C=O) groups excluding carboxylic acids is 1. The Kier molecular flexibility index (Phi) is 3.85. The number of hydrogen-bond donors (Lipinski definition) is 1. The molecule has 0 radical (unpaired) electrons. The fraction of sp³-hybridized carbons (Fsp3) is 0.286. The van der Waals surface area contributed by atoms with Gasteiger partial charge >= 0.3 is 0 Å². The molecule has 2 aromatic rings. The summed E-state index contributed by atoms with van der Waals surface area (Å²) in [5.74, 6) is -0.0232. The van der Waals surface area contributed by atoms with Crippen LogP contribution in [0.25, 0.3) is 0 Å². The number of nitrogens with two attached hydrogens (primary N) is 1. The molecule has 5 nitrogen and oxygen atoms in total. The highest BCUT2D eigenvalue weighted by Gasteiger charge is 2.17. The van der Waals surface area contributed by atoms with Crippen molar-refractivity contribution in [1.82, 2.24) is 14.7 Å². The summed E-state index contributed by atoms with van der Waals surface area (Å²) in [6, 6.07) is 9.31. The highest BCUT2D eigenvalue weighted by Crippen LogP contribution is 2.12. The molecule has 2 N–H and O–H groups in total. The van der Waals surface area contributed by atoms with Crippen LogP contribution >= 0.6 is 0 Å². The molecule has 19 heavy (non-hydrogen) atoms. The van der Waals surface area contributed by atoms with Crippen LogP contribution in [0.4, 0.5) is 5.69 Å². The summed E-state index contributed by atoms with van der Waals surface area (Å²) in [5.41, 5.74) is 8.08. The molecule has 1 amide bonds. The van der Waals surface area contributed by atoms with Gasteiger partial charge in [0.2, 0.25) is 0 Å². The highest BCUT2D eigenvalue weighted by atomic mass is 16.2. The lowest BCUT2D eigenvalue weighted by atomic mass is 10.2. The predicted molar refractivity (Wildman–Crippen MR) is 74.5 cm³/mol. The van der Waals surface area contributed by atoms with Gasteiger partial charge in [0.25, 0.3) is 5.91 Å². The van der Waals surface area contributed by atoms with Crippen LogP contribution in [0.1, 0.15) is 23.0 Å². The van der Waals surface area contributed by atoms with Crippen LogP contribution in [-0.4, -0.2) is 27.1 Å². The fourth-order valence-electron chi connectivity index (χ4n) is 1.98. The van der Waals surface area contributed by atoms with Gasteiger partial charge in [0.15, 0.2) is 0 Å². The third-order valence-corrected chi connectivity index (χ3v) is 3.03. The van der Waals surface area contributed by atoms with E-state index >= 15 is 0 Å². The number of rotatable bonds is 4. The SMILES string of the molecule is CCN(Cc1cccc(N)c1)C(=O)c1ccnn1C. The first-order chi connectivity index (χ1) is 9.11. The second kappa shape index (κ2) is 5.56. The van der Waals surface area contributed by atoms with E-state index in [0.717, 1.165) is 5.56 Å². The Bertz CT molecular complexity index is 576. The molecule has 0 saturated carbocycles. The van der Waals surface area contributed by atoms with Crippen LogP contribution < -0.4 is 5.73 Å². The minimum Gasteiger partial charge on any atom is -0.399 e. The van der Waals surface area contributed by atoms with E-state index in [1.165, 1.54) is 0 Å². The second-order valence-electron chi connectivity index (χ2n) is 4.40. The lowest BCUT2D eigenvalue weighted by Crippen LogP contribution is -2.31. The molecule has 0 fully saturated rings. The van der Waals surface area contributed by atoms with Crippen molar-refractivity contribution < 1.29 is 4.79 Å². The molecule has 100 valence electrons. The van der Waals surface area contributed by atoms with E-state index < -0.39 is 0 Å². The Labute approximate surface area is 112 Å². The van der Waals surface area contributed by atoms with Crippen molar-refractivity contribution >= 4 is 11.6 Å². The molecule has 0 aliphatic carbocycles. The first kappa shape index (κ1) is 13.1. The zero-order valence-corrected chi connectivity index (χ0v) is 11.2. The standard InChI is InChI=1S/C14H18N4O/c1-3-18(10-11-5-4-6-12(15)9-11)14(19)13-7-8-16-17(13)2/h4-9H,3,10,15H2,1-2H3. The number of nitrogens with zero attached hydrogens (tertiary/aromatic N) is 3. The third-order valence-electron chi connectivity index (χ3n) is 3.03. The zero-order chi connectivity index (χ0) is 13.8. The third kappa shape index (κ3) is 2.93. The lowest BCUT2D eigenvalue weighted by Gasteiger charge is -2.21. The maximum atomic E-state index is 12.4. The summed E-state index contributed by atoms with van der Waals surface area (Å²) >= 11 is 0. The van der Waals surface area contributed by atoms with E-state index in [4.69, 9.17) is 5.73 Å². The molecule has 0 saturated heterocycles. The van der Waals surface area contributed by atoms with Gasteiger partial charge in [-0.25, -0.2) is 0 Å². The topological polar surface area (TPSA) is 64.2 Å². The minimum absolute atomic E-state index is 0.0232. The number of aromatic nitrogens is 2. The Morgan fingerprint density at radius 3 is 2.79 bits per heavy atom. The van der Waals surface area contributed by atoms with Crippen LogP contribution in [0, 0.1) is 0 Å². The summed E-state index contributed by atoms with van der Waals surface area (Å²) in [6.07, 6.45) is 1.63.